The van der Waals surface area contributed by atoms with E-state index in [9.17, 15) is 4.79 Å². The molecule has 1 amide bonds. The zero-order chi connectivity index (χ0) is 17.8. The first-order chi connectivity index (χ1) is 12.1. The molecule has 2 aromatic rings. The maximum Gasteiger partial charge on any atom is 0.223 e. The van der Waals surface area contributed by atoms with Gasteiger partial charge in [-0.2, -0.15) is 0 Å². The van der Waals surface area contributed by atoms with Gasteiger partial charge in [0, 0.05) is 43.6 Å². The van der Waals surface area contributed by atoms with Crippen LogP contribution in [0.15, 0.2) is 24.4 Å². The van der Waals surface area contributed by atoms with Gasteiger partial charge in [0.1, 0.15) is 17.5 Å². The number of halogens is 1. The molecule has 3 rings (SSSR count). The number of likely N-dealkylation sites (tertiary alicyclic amines) is 1. The molecular formula is C18H22ClN5O. The quantitative estimate of drug-likeness (QED) is 0.830. The van der Waals surface area contributed by atoms with Gasteiger partial charge in [0.05, 0.1) is 5.69 Å². The lowest BCUT2D eigenvalue weighted by atomic mass is 10.0. The molecule has 0 bridgehead atoms. The van der Waals surface area contributed by atoms with Crippen LogP contribution in [0.2, 0.25) is 0 Å². The number of nitrogens with one attached hydrogen (secondary N) is 1. The van der Waals surface area contributed by atoms with Gasteiger partial charge in [-0.3, -0.25) is 4.79 Å². The summed E-state index contributed by atoms with van der Waals surface area (Å²) in [5.74, 6) is 2.94. The monoisotopic (exact) mass is 359 g/mol. The highest BCUT2D eigenvalue weighted by atomic mass is 35.5. The lowest BCUT2D eigenvalue weighted by Crippen LogP contribution is -2.28. The third-order valence-corrected chi connectivity index (χ3v) is 4.57. The van der Waals surface area contributed by atoms with E-state index in [0.717, 1.165) is 35.9 Å². The number of alkyl halides is 1. The lowest BCUT2D eigenvalue weighted by molar-refractivity contribution is -0.129. The van der Waals surface area contributed by atoms with Gasteiger partial charge < -0.3 is 10.2 Å². The van der Waals surface area contributed by atoms with Gasteiger partial charge in [-0.15, -0.1) is 11.6 Å². The number of hydrogen-bond donors (Lipinski definition) is 1. The number of aryl methyl sites for hydroxylation is 2. The van der Waals surface area contributed by atoms with Gasteiger partial charge in [-0.25, -0.2) is 15.0 Å². The summed E-state index contributed by atoms with van der Waals surface area (Å²) < 4.78 is 0. The molecule has 0 saturated carbocycles. The van der Waals surface area contributed by atoms with E-state index in [0.29, 0.717) is 24.7 Å². The number of hydrogen-bond acceptors (Lipinski definition) is 5. The smallest absolute Gasteiger partial charge is 0.223 e. The highest BCUT2D eigenvalue weighted by Crippen LogP contribution is 2.28. The van der Waals surface area contributed by atoms with Crippen molar-refractivity contribution in [2.24, 2.45) is 0 Å². The summed E-state index contributed by atoms with van der Waals surface area (Å²) in [4.78, 5) is 27.3. The van der Waals surface area contributed by atoms with Crippen LogP contribution in [-0.2, 0) is 4.79 Å². The molecule has 132 valence electrons. The van der Waals surface area contributed by atoms with Crippen molar-refractivity contribution in [1.29, 1.82) is 0 Å². The van der Waals surface area contributed by atoms with Crippen LogP contribution >= 0.6 is 11.6 Å². The van der Waals surface area contributed by atoms with Crippen molar-refractivity contribution >= 4 is 29.1 Å². The number of nitrogens with zero attached hydrogens (tertiary/aromatic N) is 4. The first-order valence-electron chi connectivity index (χ1n) is 8.45. The molecule has 1 N–H and O–H groups in total. The minimum atomic E-state index is 0.116. The number of rotatable bonds is 5. The highest BCUT2D eigenvalue weighted by molar-refractivity contribution is 6.18. The molecule has 25 heavy (non-hydrogen) atoms. The Labute approximate surface area is 152 Å². The highest BCUT2D eigenvalue weighted by Gasteiger charge is 2.28. The van der Waals surface area contributed by atoms with E-state index in [4.69, 9.17) is 11.6 Å². The van der Waals surface area contributed by atoms with Crippen LogP contribution in [0.25, 0.3) is 0 Å². The summed E-state index contributed by atoms with van der Waals surface area (Å²) in [6.45, 7) is 5.33. The summed E-state index contributed by atoms with van der Waals surface area (Å²) in [5.41, 5.74) is 2.02. The van der Waals surface area contributed by atoms with Gasteiger partial charge in [-0.1, -0.05) is 6.07 Å². The van der Waals surface area contributed by atoms with E-state index < -0.39 is 0 Å². The SMILES string of the molecule is Cc1nc(Nc2ncccc2C)cc(C2CCN(C(=O)CCCl)C2)n1. The molecular weight excluding hydrogens is 338 g/mol. The minimum absolute atomic E-state index is 0.116. The van der Waals surface area contributed by atoms with Crippen molar-refractivity contribution in [2.45, 2.75) is 32.6 Å². The van der Waals surface area contributed by atoms with Crippen LogP contribution in [0.4, 0.5) is 11.6 Å². The Morgan fingerprint density at radius 1 is 1.40 bits per heavy atom. The third-order valence-electron chi connectivity index (χ3n) is 4.38. The first kappa shape index (κ1) is 17.6. The molecule has 1 saturated heterocycles. The molecule has 0 spiro atoms. The van der Waals surface area contributed by atoms with Gasteiger partial charge in [0.15, 0.2) is 0 Å². The molecule has 6 nitrogen and oxygen atoms in total. The molecule has 0 aromatic carbocycles. The number of carbonyl (C=O) groups excluding carboxylic acids is 1. The predicted molar refractivity (Wildman–Crippen MR) is 98.3 cm³/mol. The number of pyridine rings is 1. The summed E-state index contributed by atoms with van der Waals surface area (Å²) in [5, 5.41) is 3.27. The van der Waals surface area contributed by atoms with Crippen LogP contribution in [0, 0.1) is 13.8 Å². The molecule has 1 atom stereocenters. The molecule has 1 unspecified atom stereocenters. The zero-order valence-electron chi connectivity index (χ0n) is 14.5. The molecule has 0 radical (unpaired) electrons. The van der Waals surface area contributed by atoms with E-state index in [2.05, 4.69) is 20.3 Å². The number of amides is 1. The van der Waals surface area contributed by atoms with Crippen molar-refractivity contribution in [3.63, 3.8) is 0 Å². The average molecular weight is 360 g/mol. The molecule has 0 aliphatic carbocycles. The predicted octanol–water partition coefficient (Wildman–Crippen LogP) is 3.18. The Balaban J connectivity index is 1.76. The summed E-state index contributed by atoms with van der Waals surface area (Å²) in [6, 6.07) is 5.87. The number of carbonyl (C=O) groups is 1. The van der Waals surface area contributed by atoms with E-state index in [-0.39, 0.29) is 11.8 Å². The van der Waals surface area contributed by atoms with Crippen molar-refractivity contribution in [2.75, 3.05) is 24.3 Å². The second kappa shape index (κ2) is 7.78. The molecule has 1 aliphatic rings. The van der Waals surface area contributed by atoms with Crippen LogP contribution in [0.1, 0.15) is 35.8 Å². The fourth-order valence-corrected chi connectivity index (χ4v) is 3.23. The number of anilines is 2. The van der Waals surface area contributed by atoms with Crippen LogP contribution in [0.5, 0.6) is 0 Å². The van der Waals surface area contributed by atoms with Gasteiger partial charge in [0.2, 0.25) is 5.91 Å². The maximum atomic E-state index is 12.0. The summed E-state index contributed by atoms with van der Waals surface area (Å²) in [6.07, 6.45) is 3.05. The van der Waals surface area contributed by atoms with Gasteiger partial charge in [0.25, 0.3) is 0 Å². The Hall–Kier alpha value is -2.21. The van der Waals surface area contributed by atoms with Gasteiger partial charge >= 0.3 is 0 Å². The molecule has 1 aliphatic heterocycles. The topological polar surface area (TPSA) is 71.0 Å². The largest absolute Gasteiger partial charge is 0.342 e. The first-order valence-corrected chi connectivity index (χ1v) is 8.98. The van der Waals surface area contributed by atoms with Crippen molar-refractivity contribution in [3.05, 3.63) is 41.5 Å². The van der Waals surface area contributed by atoms with Crippen LogP contribution < -0.4 is 5.32 Å². The van der Waals surface area contributed by atoms with E-state index in [1.807, 2.05) is 36.9 Å². The van der Waals surface area contributed by atoms with Crippen LogP contribution in [0.3, 0.4) is 0 Å². The van der Waals surface area contributed by atoms with Crippen LogP contribution in [-0.4, -0.2) is 44.7 Å². The average Bonchev–Trinajstić information content (AvgIpc) is 3.07. The Morgan fingerprint density at radius 3 is 3.00 bits per heavy atom. The normalized spacial score (nSPS) is 16.9. The maximum absolute atomic E-state index is 12.0. The summed E-state index contributed by atoms with van der Waals surface area (Å²) in [7, 11) is 0. The van der Waals surface area contributed by atoms with E-state index in [1.54, 1.807) is 6.20 Å². The Kier molecular flexibility index (Phi) is 5.48. The van der Waals surface area contributed by atoms with Gasteiger partial charge in [-0.05, 0) is 31.9 Å². The van der Waals surface area contributed by atoms with Crippen molar-refractivity contribution < 1.29 is 4.79 Å². The molecule has 7 heteroatoms. The lowest BCUT2D eigenvalue weighted by Gasteiger charge is -2.16. The Bertz CT molecular complexity index is 767. The van der Waals surface area contributed by atoms with Crippen molar-refractivity contribution in [3.8, 4) is 0 Å². The van der Waals surface area contributed by atoms with E-state index in [1.165, 1.54) is 0 Å². The molecule has 1 fully saturated rings. The second-order valence-electron chi connectivity index (χ2n) is 6.28. The summed E-state index contributed by atoms with van der Waals surface area (Å²) >= 11 is 5.68. The van der Waals surface area contributed by atoms with E-state index >= 15 is 0 Å². The fraction of sp³-hybridized carbons (Fsp3) is 0.444. The minimum Gasteiger partial charge on any atom is -0.342 e. The third kappa shape index (κ3) is 4.25. The molecule has 2 aromatic heterocycles. The second-order valence-corrected chi connectivity index (χ2v) is 6.66. The molecule has 3 heterocycles. The zero-order valence-corrected chi connectivity index (χ0v) is 15.3. The van der Waals surface area contributed by atoms with Crippen molar-refractivity contribution in [1.82, 2.24) is 19.9 Å². The number of aromatic nitrogens is 3. The fourth-order valence-electron chi connectivity index (χ4n) is 3.07. The Morgan fingerprint density at radius 2 is 2.24 bits per heavy atom. The standard InChI is InChI=1S/C18H22ClN5O/c1-12-4-3-8-20-18(12)23-16-10-15(21-13(2)22-16)14-6-9-24(11-14)17(25)5-7-19/h3-4,8,10,14H,5-7,9,11H2,1-2H3,(H,20,21,22,23).